The molecular formula is C7H10FN. The van der Waals surface area contributed by atoms with Crippen LogP contribution in [0.1, 0.15) is 13.3 Å². The Bertz CT molecular complexity index is 170. The molecule has 2 N–H and O–H groups in total. The summed E-state index contributed by atoms with van der Waals surface area (Å²) in [5.74, 6) is 0.150. The molecule has 0 aromatic rings. The molecule has 0 amide bonds. The van der Waals surface area contributed by atoms with Crippen LogP contribution in [0.15, 0.2) is 23.7 Å². The predicted octanol–water partition coefficient (Wildman–Crippen LogP) is 1.72. The second kappa shape index (κ2) is 2.21. The van der Waals surface area contributed by atoms with Crippen molar-refractivity contribution in [2.75, 3.05) is 0 Å². The average Bonchev–Trinajstić information content (AvgIpc) is 1.59. The van der Waals surface area contributed by atoms with Crippen molar-refractivity contribution in [1.82, 2.24) is 0 Å². The molecule has 0 aromatic carbocycles. The summed E-state index contributed by atoms with van der Waals surface area (Å²) in [4.78, 5) is 0. The normalized spacial score (nSPS) is 27.1. The second-order valence-corrected chi connectivity index (χ2v) is 2.44. The lowest BCUT2D eigenvalue weighted by Crippen LogP contribution is -2.04. The van der Waals surface area contributed by atoms with Crippen LogP contribution in [0.3, 0.4) is 0 Å². The molecule has 0 fully saturated rings. The molecule has 1 nitrogen and oxygen atoms in total. The van der Waals surface area contributed by atoms with Crippen molar-refractivity contribution in [3.05, 3.63) is 23.7 Å². The molecule has 0 aliphatic heterocycles. The minimum Gasteiger partial charge on any atom is -0.399 e. The average molecular weight is 127 g/mol. The van der Waals surface area contributed by atoms with Crippen LogP contribution in [-0.2, 0) is 0 Å². The zero-order chi connectivity index (χ0) is 6.85. The maximum absolute atomic E-state index is 12.4. The topological polar surface area (TPSA) is 26.0 Å². The smallest absolute Gasteiger partial charge is 0.103 e. The minimum atomic E-state index is -0.109. The number of hydrogen-bond acceptors (Lipinski definition) is 1. The van der Waals surface area contributed by atoms with Crippen molar-refractivity contribution < 1.29 is 4.39 Å². The van der Waals surface area contributed by atoms with E-state index in [4.69, 9.17) is 5.73 Å². The standard InChI is InChI=1S/C7H10FN/c1-5-2-6(8)4-7(9)3-5/h3-5H,2,9H2,1H3. The Balaban J connectivity index is 2.74. The summed E-state index contributed by atoms with van der Waals surface area (Å²) in [5.41, 5.74) is 5.91. The Morgan fingerprint density at radius 3 is 2.89 bits per heavy atom. The minimum absolute atomic E-state index is 0.109. The molecule has 1 aliphatic carbocycles. The molecule has 1 rings (SSSR count). The summed E-state index contributed by atoms with van der Waals surface area (Å²) in [7, 11) is 0. The first-order valence-corrected chi connectivity index (χ1v) is 3.02. The molecule has 1 aliphatic rings. The molecule has 9 heavy (non-hydrogen) atoms. The van der Waals surface area contributed by atoms with E-state index in [-0.39, 0.29) is 11.7 Å². The van der Waals surface area contributed by atoms with Crippen LogP contribution in [0.5, 0.6) is 0 Å². The number of halogens is 1. The fraction of sp³-hybridized carbons (Fsp3) is 0.429. The molecule has 0 bridgehead atoms. The Morgan fingerprint density at radius 1 is 1.78 bits per heavy atom. The van der Waals surface area contributed by atoms with Gasteiger partial charge < -0.3 is 5.73 Å². The van der Waals surface area contributed by atoms with Gasteiger partial charge in [-0.2, -0.15) is 0 Å². The molecule has 0 heterocycles. The van der Waals surface area contributed by atoms with Crippen LogP contribution >= 0.6 is 0 Å². The maximum atomic E-state index is 12.4. The van der Waals surface area contributed by atoms with Crippen LogP contribution in [0.4, 0.5) is 4.39 Å². The summed E-state index contributed by atoms with van der Waals surface area (Å²) >= 11 is 0. The van der Waals surface area contributed by atoms with Crippen LogP contribution in [0.25, 0.3) is 0 Å². The second-order valence-electron chi connectivity index (χ2n) is 2.44. The molecular weight excluding hydrogens is 117 g/mol. The van der Waals surface area contributed by atoms with Gasteiger partial charge in [0, 0.05) is 12.1 Å². The third kappa shape index (κ3) is 1.56. The number of allylic oxidation sites excluding steroid dienone is 3. The highest BCUT2D eigenvalue weighted by atomic mass is 19.1. The molecule has 2 heteroatoms. The summed E-state index contributed by atoms with van der Waals surface area (Å²) in [6.07, 6.45) is 3.74. The third-order valence-corrected chi connectivity index (χ3v) is 1.32. The fourth-order valence-corrected chi connectivity index (χ4v) is 0.983. The largest absolute Gasteiger partial charge is 0.399 e. The van der Waals surface area contributed by atoms with Gasteiger partial charge in [0.05, 0.1) is 0 Å². The van der Waals surface area contributed by atoms with Gasteiger partial charge in [0.2, 0.25) is 0 Å². The van der Waals surface area contributed by atoms with Gasteiger partial charge in [-0.3, -0.25) is 0 Å². The lowest BCUT2D eigenvalue weighted by atomic mass is 10.0. The highest BCUT2D eigenvalue weighted by Gasteiger charge is 2.07. The van der Waals surface area contributed by atoms with Gasteiger partial charge in [0.25, 0.3) is 0 Å². The summed E-state index contributed by atoms with van der Waals surface area (Å²) in [6, 6.07) is 0. The van der Waals surface area contributed by atoms with Crippen molar-refractivity contribution in [3.8, 4) is 0 Å². The SMILES string of the molecule is CC1C=C(N)C=C(F)C1. The maximum Gasteiger partial charge on any atom is 0.103 e. The molecule has 0 spiro atoms. The first kappa shape index (κ1) is 6.33. The quantitative estimate of drug-likeness (QED) is 0.526. The zero-order valence-electron chi connectivity index (χ0n) is 5.39. The van der Waals surface area contributed by atoms with E-state index in [0.717, 1.165) is 0 Å². The summed E-state index contributed by atoms with van der Waals surface area (Å²) in [5, 5.41) is 0. The van der Waals surface area contributed by atoms with Crippen molar-refractivity contribution in [2.45, 2.75) is 13.3 Å². The zero-order valence-corrected chi connectivity index (χ0v) is 5.39. The molecule has 0 aromatic heterocycles. The Kier molecular flexibility index (Phi) is 1.56. The Morgan fingerprint density at radius 2 is 2.44 bits per heavy atom. The molecule has 1 unspecified atom stereocenters. The molecule has 50 valence electrons. The first-order valence-electron chi connectivity index (χ1n) is 3.02. The van der Waals surface area contributed by atoms with Gasteiger partial charge >= 0.3 is 0 Å². The van der Waals surface area contributed by atoms with Crippen molar-refractivity contribution in [2.24, 2.45) is 11.7 Å². The van der Waals surface area contributed by atoms with Crippen molar-refractivity contribution >= 4 is 0 Å². The lowest BCUT2D eigenvalue weighted by molar-refractivity contribution is 0.531. The molecule has 0 saturated heterocycles. The number of rotatable bonds is 0. The Labute approximate surface area is 54.0 Å². The van der Waals surface area contributed by atoms with E-state index in [1.165, 1.54) is 6.08 Å². The van der Waals surface area contributed by atoms with Gasteiger partial charge in [0.1, 0.15) is 5.83 Å². The first-order chi connectivity index (χ1) is 4.18. The van der Waals surface area contributed by atoms with Crippen LogP contribution in [-0.4, -0.2) is 0 Å². The highest BCUT2D eigenvalue weighted by Crippen LogP contribution is 2.20. The van der Waals surface area contributed by atoms with E-state index in [1.54, 1.807) is 0 Å². The fourth-order valence-electron chi connectivity index (χ4n) is 0.983. The van der Waals surface area contributed by atoms with Crippen LogP contribution < -0.4 is 5.73 Å². The van der Waals surface area contributed by atoms with Crippen LogP contribution in [0.2, 0.25) is 0 Å². The van der Waals surface area contributed by atoms with E-state index in [2.05, 4.69) is 0 Å². The Hall–Kier alpha value is -0.790. The van der Waals surface area contributed by atoms with Gasteiger partial charge in [-0.1, -0.05) is 13.0 Å². The number of hydrogen-bond donors (Lipinski definition) is 1. The summed E-state index contributed by atoms with van der Waals surface area (Å²) < 4.78 is 12.4. The van der Waals surface area contributed by atoms with Crippen LogP contribution in [0, 0.1) is 5.92 Å². The number of nitrogens with two attached hydrogens (primary N) is 1. The van der Waals surface area contributed by atoms with E-state index in [0.29, 0.717) is 12.1 Å². The molecule has 1 atom stereocenters. The van der Waals surface area contributed by atoms with Gasteiger partial charge in [0.15, 0.2) is 0 Å². The van der Waals surface area contributed by atoms with Gasteiger partial charge in [-0.15, -0.1) is 0 Å². The third-order valence-electron chi connectivity index (χ3n) is 1.32. The van der Waals surface area contributed by atoms with Crippen molar-refractivity contribution in [3.63, 3.8) is 0 Å². The van der Waals surface area contributed by atoms with E-state index < -0.39 is 0 Å². The van der Waals surface area contributed by atoms with E-state index in [1.807, 2.05) is 13.0 Å². The molecule has 0 saturated carbocycles. The lowest BCUT2D eigenvalue weighted by Gasteiger charge is -2.09. The predicted molar refractivity (Wildman–Crippen MR) is 35.2 cm³/mol. The molecule has 0 radical (unpaired) electrons. The van der Waals surface area contributed by atoms with Gasteiger partial charge in [-0.05, 0) is 12.0 Å². The van der Waals surface area contributed by atoms with E-state index in [9.17, 15) is 4.39 Å². The highest BCUT2D eigenvalue weighted by molar-refractivity contribution is 5.23. The monoisotopic (exact) mass is 127 g/mol. The van der Waals surface area contributed by atoms with E-state index >= 15 is 0 Å². The van der Waals surface area contributed by atoms with Gasteiger partial charge in [-0.25, -0.2) is 4.39 Å². The summed E-state index contributed by atoms with van der Waals surface area (Å²) in [6.45, 7) is 1.94. The van der Waals surface area contributed by atoms with Crippen molar-refractivity contribution in [1.29, 1.82) is 0 Å².